The highest BCUT2D eigenvalue weighted by Crippen LogP contribution is 2.51. The van der Waals surface area contributed by atoms with Gasteiger partial charge in [0, 0.05) is 18.7 Å². The molecule has 1 aliphatic carbocycles. The van der Waals surface area contributed by atoms with Crippen LogP contribution in [-0.2, 0) is 23.9 Å². The molecule has 4 unspecified atom stereocenters. The second-order valence-electron chi connectivity index (χ2n) is 14.4. The van der Waals surface area contributed by atoms with Gasteiger partial charge in [0.15, 0.2) is 11.7 Å². The minimum Gasteiger partial charge on any atom is -0.433 e. The number of ether oxygens (including phenoxy) is 2. The molecule has 1 spiro atoms. The van der Waals surface area contributed by atoms with Crippen molar-refractivity contribution >= 4 is 46.8 Å². The van der Waals surface area contributed by atoms with Crippen LogP contribution in [0.5, 0.6) is 0 Å². The van der Waals surface area contributed by atoms with E-state index >= 15 is 0 Å². The molecule has 2 saturated heterocycles. The summed E-state index contributed by atoms with van der Waals surface area (Å²) in [7, 11) is 0. The van der Waals surface area contributed by atoms with Gasteiger partial charge in [-0.25, -0.2) is 9.69 Å². The number of hydrogen-bond donors (Lipinski definition) is 2. The number of rotatable bonds is 9. The normalized spacial score (nSPS) is 24.1. The Hall–Kier alpha value is -3.21. The maximum Gasteiger partial charge on any atom is 0.418 e. The number of carbonyl (C=O) groups excluding carboxylic acids is 4. The summed E-state index contributed by atoms with van der Waals surface area (Å²) in [5.74, 6) is -1.80. The van der Waals surface area contributed by atoms with Crippen molar-refractivity contribution in [2.75, 3.05) is 16.8 Å². The number of halogens is 1. The summed E-state index contributed by atoms with van der Waals surface area (Å²) in [4.78, 5) is 55.7. The lowest BCUT2D eigenvalue weighted by atomic mass is 9.75. The van der Waals surface area contributed by atoms with Crippen LogP contribution in [0.25, 0.3) is 0 Å². The number of anilines is 2. The molecular formula is C34H46ClN3O7. The first-order valence-corrected chi connectivity index (χ1v) is 15.8. The van der Waals surface area contributed by atoms with E-state index in [0.29, 0.717) is 23.6 Å². The fraction of sp³-hybridized carbons (Fsp3) is 0.588. The van der Waals surface area contributed by atoms with Crippen LogP contribution in [0, 0.1) is 10.8 Å². The van der Waals surface area contributed by atoms with Crippen molar-refractivity contribution < 1.29 is 33.8 Å². The van der Waals surface area contributed by atoms with Crippen LogP contribution >= 0.6 is 11.6 Å². The Bertz CT molecular complexity index is 1470. The van der Waals surface area contributed by atoms with Gasteiger partial charge in [-0.1, -0.05) is 65.3 Å². The van der Waals surface area contributed by atoms with Gasteiger partial charge in [0.05, 0.1) is 16.8 Å². The van der Waals surface area contributed by atoms with E-state index in [1.807, 2.05) is 13.8 Å². The first kappa shape index (κ1) is 34.7. The van der Waals surface area contributed by atoms with Crippen molar-refractivity contribution in [2.24, 2.45) is 10.8 Å². The van der Waals surface area contributed by atoms with Crippen LogP contribution in [0.15, 0.2) is 41.5 Å². The monoisotopic (exact) mass is 643 g/mol. The molecule has 2 N–H and O–H groups in total. The van der Waals surface area contributed by atoms with Gasteiger partial charge in [0.2, 0.25) is 0 Å². The third kappa shape index (κ3) is 6.29. The molecule has 4 atom stereocenters. The fourth-order valence-corrected chi connectivity index (χ4v) is 5.95. The topological polar surface area (TPSA) is 129 Å². The summed E-state index contributed by atoms with van der Waals surface area (Å²) < 4.78 is 11.3. The molecular weight excluding hydrogens is 598 g/mol. The van der Waals surface area contributed by atoms with Crippen molar-refractivity contribution in [3.8, 4) is 0 Å². The number of likely N-dealkylation sites (N-methyl/N-ethyl adjacent to an activating group) is 1. The predicted octanol–water partition coefficient (Wildman–Crippen LogP) is 6.01. The number of nitrogens with one attached hydrogen (secondary N) is 1. The Kier molecular flexibility index (Phi) is 9.14. The van der Waals surface area contributed by atoms with Gasteiger partial charge >= 0.3 is 6.09 Å². The van der Waals surface area contributed by atoms with Crippen LogP contribution in [-0.4, -0.2) is 69.8 Å². The molecule has 1 aromatic rings. The van der Waals surface area contributed by atoms with E-state index in [4.69, 9.17) is 21.1 Å². The molecule has 0 radical (unpaired) electrons. The Labute approximate surface area is 270 Å². The van der Waals surface area contributed by atoms with Crippen LogP contribution in [0.4, 0.5) is 16.2 Å². The lowest BCUT2D eigenvalue weighted by Gasteiger charge is -2.35. The zero-order valence-electron chi connectivity index (χ0n) is 27.9. The van der Waals surface area contributed by atoms with Crippen molar-refractivity contribution in [1.82, 2.24) is 4.90 Å². The number of aliphatic hydroxyl groups is 1. The first-order chi connectivity index (χ1) is 20.7. The zero-order valence-corrected chi connectivity index (χ0v) is 28.7. The third-order valence-electron chi connectivity index (χ3n) is 9.36. The lowest BCUT2D eigenvalue weighted by molar-refractivity contribution is -0.143. The van der Waals surface area contributed by atoms with Gasteiger partial charge in [-0.15, -0.1) is 0 Å². The molecule has 246 valence electrons. The smallest absolute Gasteiger partial charge is 0.418 e. The molecule has 2 aliphatic heterocycles. The largest absolute Gasteiger partial charge is 0.433 e. The molecule has 4 rings (SSSR count). The molecule has 1 aromatic carbocycles. The summed E-state index contributed by atoms with van der Waals surface area (Å²) in [6.45, 7) is 18.6. The van der Waals surface area contributed by atoms with Crippen molar-refractivity contribution in [1.29, 1.82) is 0 Å². The summed E-state index contributed by atoms with van der Waals surface area (Å²) in [5.41, 5.74) is -0.168. The third-order valence-corrected chi connectivity index (χ3v) is 9.69. The molecule has 0 aromatic heterocycles. The maximum absolute atomic E-state index is 13.8. The lowest BCUT2D eigenvalue weighted by Crippen LogP contribution is -2.57. The van der Waals surface area contributed by atoms with Gasteiger partial charge < -0.3 is 24.8 Å². The highest BCUT2D eigenvalue weighted by atomic mass is 35.5. The Morgan fingerprint density at radius 1 is 1.18 bits per heavy atom. The number of epoxide rings is 1. The predicted molar refractivity (Wildman–Crippen MR) is 173 cm³/mol. The van der Waals surface area contributed by atoms with Crippen LogP contribution in [0.1, 0.15) is 82.1 Å². The molecule has 0 bridgehead atoms. The Morgan fingerprint density at radius 3 is 2.33 bits per heavy atom. The number of allylic oxidation sites excluding steroid dienone is 2. The number of cyclic esters (lactones) is 1. The van der Waals surface area contributed by atoms with Crippen LogP contribution in [0.2, 0.25) is 5.02 Å². The van der Waals surface area contributed by atoms with Gasteiger partial charge in [0.25, 0.3) is 17.7 Å². The average Bonchev–Trinajstić information content (AvgIpc) is 3.63. The van der Waals surface area contributed by atoms with E-state index in [2.05, 4.69) is 38.2 Å². The van der Waals surface area contributed by atoms with E-state index < -0.39 is 52.8 Å². The fourth-order valence-electron chi connectivity index (χ4n) is 5.78. The molecule has 11 heteroatoms. The van der Waals surface area contributed by atoms with Gasteiger partial charge in [-0.3, -0.25) is 14.4 Å². The first-order valence-electron chi connectivity index (χ1n) is 15.5. The zero-order chi connectivity index (χ0) is 33.9. The van der Waals surface area contributed by atoms with Crippen molar-refractivity contribution in [2.45, 2.75) is 112 Å². The van der Waals surface area contributed by atoms with E-state index in [1.54, 1.807) is 43.9 Å². The summed E-state index contributed by atoms with van der Waals surface area (Å²) >= 11 is 6.49. The van der Waals surface area contributed by atoms with Gasteiger partial charge in [-0.2, -0.15) is 0 Å². The molecule has 2 fully saturated rings. The van der Waals surface area contributed by atoms with Crippen LogP contribution < -0.4 is 10.2 Å². The van der Waals surface area contributed by atoms with E-state index in [1.165, 1.54) is 19.4 Å². The minimum absolute atomic E-state index is 0.0252. The number of amides is 4. The number of imide groups is 1. The quantitative estimate of drug-likeness (QED) is 0.315. The molecule has 10 nitrogen and oxygen atoms in total. The highest BCUT2D eigenvalue weighted by molar-refractivity contribution is 6.34. The van der Waals surface area contributed by atoms with Crippen molar-refractivity contribution in [3.05, 3.63) is 46.5 Å². The molecule has 4 amide bonds. The summed E-state index contributed by atoms with van der Waals surface area (Å²) in [5, 5.41) is 14.0. The Morgan fingerprint density at radius 2 is 1.82 bits per heavy atom. The molecule has 45 heavy (non-hydrogen) atoms. The van der Waals surface area contributed by atoms with Crippen molar-refractivity contribution in [3.63, 3.8) is 0 Å². The van der Waals surface area contributed by atoms with Gasteiger partial charge in [0.1, 0.15) is 11.6 Å². The van der Waals surface area contributed by atoms with Gasteiger partial charge in [-0.05, 0) is 74.3 Å². The van der Waals surface area contributed by atoms with E-state index in [-0.39, 0.29) is 22.0 Å². The number of hydrogen-bond acceptors (Lipinski definition) is 7. The van der Waals surface area contributed by atoms with E-state index in [9.17, 15) is 24.3 Å². The minimum atomic E-state index is -1.60. The summed E-state index contributed by atoms with van der Waals surface area (Å²) in [6.07, 6.45) is 2.77. The summed E-state index contributed by atoms with van der Waals surface area (Å²) in [6, 6.07) is 3.17. The highest BCUT2D eigenvalue weighted by Gasteiger charge is 2.63. The number of benzene rings is 1. The number of carbonyl (C=O) groups is 4. The standard InChI is InChI=1S/C34H46ClN3O7/c1-11-32(7,8)20-15-16-34(19(3)17-20)26(44-34)28(41)37(12-2)21-13-14-22(35)23(18-21)36-27(40)24(25(39)31(4,5)6)38-29(42)33(9,10)45-30(38)43/h13-15,17-18,24-26,39H,11-12,16H2,1-10H3,(H,36,40). The average molecular weight is 644 g/mol. The Balaban J connectivity index is 1.59. The SMILES string of the molecule is CCN(C(=O)C1OC12CC=C(C(C)(C)CC)C=C2C)c1ccc(Cl)c(NC(=O)C(C(O)C(C)(C)C)N2C(=O)OC(C)(C)C2=O)c1. The molecule has 0 saturated carbocycles. The van der Waals surface area contributed by atoms with Crippen LogP contribution in [0.3, 0.4) is 0 Å². The molecule has 2 heterocycles. The number of nitrogens with zero attached hydrogens (tertiary/aromatic N) is 2. The number of aliphatic hydroxyl groups excluding tert-OH is 1. The second-order valence-corrected chi connectivity index (χ2v) is 14.8. The second kappa shape index (κ2) is 11.9. The molecule has 3 aliphatic rings. The maximum atomic E-state index is 13.8. The van der Waals surface area contributed by atoms with E-state index in [0.717, 1.165) is 12.0 Å².